The van der Waals surface area contributed by atoms with Crippen molar-refractivity contribution in [2.75, 3.05) is 45.1 Å². The Bertz CT molecular complexity index is 1260. The highest BCUT2D eigenvalue weighted by atomic mass is 19.3. The summed E-state index contributed by atoms with van der Waals surface area (Å²) in [4.78, 5) is 53.6. The van der Waals surface area contributed by atoms with Crippen molar-refractivity contribution >= 4 is 29.3 Å². The van der Waals surface area contributed by atoms with Crippen LogP contribution in [0.2, 0.25) is 0 Å². The number of nitrogens with zero attached hydrogens (tertiary/aromatic N) is 4. The zero-order valence-corrected chi connectivity index (χ0v) is 23.5. The lowest BCUT2D eigenvalue weighted by Crippen LogP contribution is -2.55. The number of alkyl halides is 2. The first-order valence-corrected chi connectivity index (χ1v) is 13.4. The minimum Gasteiger partial charge on any atom is -0.344 e. The number of carbonyl (C=O) groups excluding carboxylic acids is 4. The van der Waals surface area contributed by atoms with Crippen molar-refractivity contribution in [2.45, 2.75) is 51.6 Å². The van der Waals surface area contributed by atoms with Crippen LogP contribution in [0.4, 0.5) is 18.9 Å². The lowest BCUT2D eigenvalue weighted by atomic mass is 9.91. The van der Waals surface area contributed by atoms with Crippen LogP contribution in [0.25, 0.3) is 0 Å². The van der Waals surface area contributed by atoms with Crippen LogP contribution in [0, 0.1) is 5.82 Å². The van der Waals surface area contributed by atoms with Crippen LogP contribution in [0.1, 0.15) is 44.2 Å². The molecule has 3 rings (SSSR count). The molecule has 0 bridgehead atoms. The summed E-state index contributed by atoms with van der Waals surface area (Å²) in [5.74, 6) is -8.55. The Labute approximate surface area is 236 Å². The SMILES string of the molecule is CCC(=O)N[C@@H](C(=O)N1CCN(C)CC1)[C@@H](C)c1ccc(NC(=O)CNC(=O)C(F)(F)c2cnn(CC)c2)c(F)c1. The summed E-state index contributed by atoms with van der Waals surface area (Å²) in [6.07, 6.45) is 2.08. The topological polar surface area (TPSA) is 129 Å². The van der Waals surface area contributed by atoms with Crippen LogP contribution < -0.4 is 16.0 Å². The van der Waals surface area contributed by atoms with Crippen molar-refractivity contribution in [3.8, 4) is 0 Å². The number of piperazine rings is 1. The molecular weight excluding hydrogens is 543 g/mol. The molecule has 224 valence electrons. The Balaban J connectivity index is 1.65. The van der Waals surface area contributed by atoms with Crippen LogP contribution in [-0.4, -0.2) is 89.0 Å². The zero-order valence-electron chi connectivity index (χ0n) is 23.5. The molecule has 0 unspecified atom stereocenters. The van der Waals surface area contributed by atoms with Crippen LogP contribution in [-0.2, 0) is 31.6 Å². The average Bonchev–Trinajstić information content (AvgIpc) is 3.45. The first-order chi connectivity index (χ1) is 19.4. The number of amides is 4. The van der Waals surface area contributed by atoms with Crippen molar-refractivity contribution in [2.24, 2.45) is 0 Å². The Morgan fingerprint density at radius 3 is 2.34 bits per heavy atom. The third kappa shape index (κ3) is 7.84. The van der Waals surface area contributed by atoms with Gasteiger partial charge in [-0.1, -0.05) is 19.9 Å². The van der Waals surface area contributed by atoms with Crippen LogP contribution in [0.5, 0.6) is 0 Å². The molecule has 3 N–H and O–H groups in total. The fourth-order valence-electron chi connectivity index (χ4n) is 4.30. The number of carbonyl (C=O) groups is 4. The van der Waals surface area contributed by atoms with E-state index in [-0.39, 0.29) is 23.9 Å². The second-order valence-electron chi connectivity index (χ2n) is 9.95. The van der Waals surface area contributed by atoms with Gasteiger partial charge in [0, 0.05) is 51.3 Å². The van der Waals surface area contributed by atoms with Crippen LogP contribution in [0.15, 0.2) is 30.6 Å². The second-order valence-corrected chi connectivity index (χ2v) is 9.95. The molecule has 2 heterocycles. The Morgan fingerprint density at radius 1 is 1.07 bits per heavy atom. The predicted molar refractivity (Wildman–Crippen MR) is 145 cm³/mol. The lowest BCUT2D eigenvalue weighted by Gasteiger charge is -2.36. The van der Waals surface area contributed by atoms with Gasteiger partial charge in [-0.3, -0.25) is 23.9 Å². The number of aryl methyl sites for hydroxylation is 1. The van der Waals surface area contributed by atoms with E-state index in [9.17, 15) is 32.3 Å². The largest absolute Gasteiger partial charge is 0.352 e. The monoisotopic (exact) mass is 579 g/mol. The summed E-state index contributed by atoms with van der Waals surface area (Å²) in [6, 6.07) is 2.99. The molecular formula is C27H36F3N7O4. The van der Waals surface area contributed by atoms with Crippen LogP contribution in [0.3, 0.4) is 0 Å². The van der Waals surface area contributed by atoms with Crippen molar-refractivity contribution < 1.29 is 32.3 Å². The number of anilines is 1. The van der Waals surface area contributed by atoms with Crippen molar-refractivity contribution in [1.82, 2.24) is 30.2 Å². The quantitative estimate of drug-likeness (QED) is 0.372. The van der Waals surface area contributed by atoms with Gasteiger partial charge in [-0.2, -0.15) is 13.9 Å². The number of rotatable bonds is 11. The molecule has 1 saturated heterocycles. The van der Waals surface area contributed by atoms with Gasteiger partial charge in [0.2, 0.25) is 17.7 Å². The number of aromatic nitrogens is 2. The van der Waals surface area contributed by atoms with Gasteiger partial charge in [0.25, 0.3) is 5.91 Å². The highest BCUT2D eigenvalue weighted by Gasteiger charge is 2.42. The first-order valence-electron chi connectivity index (χ1n) is 13.4. The van der Waals surface area contributed by atoms with Gasteiger partial charge in [-0.05, 0) is 31.7 Å². The summed E-state index contributed by atoms with van der Waals surface area (Å²) in [5.41, 5.74) is -0.451. The molecule has 4 amide bonds. The maximum atomic E-state index is 15.0. The fourth-order valence-corrected chi connectivity index (χ4v) is 4.30. The lowest BCUT2D eigenvalue weighted by molar-refractivity contribution is -0.147. The molecule has 1 aromatic carbocycles. The first kappa shape index (κ1) is 31.6. The van der Waals surface area contributed by atoms with Gasteiger partial charge in [0.05, 0.1) is 24.0 Å². The maximum absolute atomic E-state index is 15.0. The number of likely N-dealkylation sites (N-methyl/N-ethyl adjacent to an activating group) is 1. The van der Waals surface area contributed by atoms with E-state index in [0.29, 0.717) is 38.3 Å². The molecule has 1 aliphatic heterocycles. The third-order valence-electron chi connectivity index (χ3n) is 7.03. The number of hydrogen-bond donors (Lipinski definition) is 3. The molecule has 2 aromatic rings. The molecule has 0 saturated carbocycles. The van der Waals surface area contributed by atoms with E-state index >= 15 is 0 Å². The van der Waals surface area contributed by atoms with Crippen LogP contribution >= 0.6 is 0 Å². The van der Waals surface area contributed by atoms with E-state index in [1.54, 1.807) is 25.7 Å². The van der Waals surface area contributed by atoms with Gasteiger partial charge < -0.3 is 25.8 Å². The molecule has 2 atom stereocenters. The molecule has 1 aromatic heterocycles. The Morgan fingerprint density at radius 2 is 1.76 bits per heavy atom. The zero-order chi connectivity index (χ0) is 30.3. The third-order valence-corrected chi connectivity index (χ3v) is 7.03. The van der Waals surface area contributed by atoms with E-state index in [1.807, 2.05) is 12.4 Å². The molecule has 14 heteroatoms. The van der Waals surface area contributed by atoms with Crippen molar-refractivity contribution in [1.29, 1.82) is 0 Å². The Kier molecular flexibility index (Phi) is 10.5. The van der Waals surface area contributed by atoms with Crippen molar-refractivity contribution in [3.05, 3.63) is 47.5 Å². The minimum absolute atomic E-state index is 0.170. The summed E-state index contributed by atoms with van der Waals surface area (Å²) in [7, 11) is 1.95. The molecule has 0 aliphatic carbocycles. The maximum Gasteiger partial charge on any atom is 0.352 e. The highest BCUT2D eigenvalue weighted by molar-refractivity contribution is 5.96. The van der Waals surface area contributed by atoms with Gasteiger partial charge >= 0.3 is 5.92 Å². The number of benzene rings is 1. The standard InChI is InChI=1S/C27H36F3N7O4/c1-5-22(38)34-24(25(40)36-11-9-35(4)10-12-36)17(3)18-7-8-21(20(28)13-18)33-23(39)15-31-26(41)27(29,30)19-14-32-37(6-2)16-19/h7-8,13-14,16-17,24H,5-6,9-12,15H2,1-4H3,(H,31,41)(H,33,39)(H,34,38)/t17-,24+/m0/s1. The fraction of sp³-hybridized carbons (Fsp3) is 0.519. The summed E-state index contributed by atoms with van der Waals surface area (Å²) in [6.45, 7) is 6.97. The van der Waals surface area contributed by atoms with Gasteiger partial charge in [-0.15, -0.1) is 0 Å². The van der Waals surface area contributed by atoms with E-state index in [4.69, 9.17) is 0 Å². The number of nitrogens with one attached hydrogen (secondary N) is 3. The molecule has 41 heavy (non-hydrogen) atoms. The molecule has 0 radical (unpaired) electrons. The number of hydrogen-bond acceptors (Lipinski definition) is 6. The highest BCUT2D eigenvalue weighted by Crippen LogP contribution is 2.28. The smallest absolute Gasteiger partial charge is 0.344 e. The van der Waals surface area contributed by atoms with E-state index < -0.39 is 47.6 Å². The van der Waals surface area contributed by atoms with E-state index in [0.717, 1.165) is 18.5 Å². The summed E-state index contributed by atoms with van der Waals surface area (Å²) >= 11 is 0. The minimum atomic E-state index is -3.91. The second kappa shape index (κ2) is 13.6. The molecule has 1 aliphatic rings. The van der Waals surface area contributed by atoms with E-state index in [2.05, 4.69) is 20.6 Å². The predicted octanol–water partition coefficient (Wildman–Crippen LogP) is 1.66. The average molecular weight is 580 g/mol. The summed E-state index contributed by atoms with van der Waals surface area (Å²) in [5, 5.41) is 10.6. The van der Waals surface area contributed by atoms with Gasteiger partial charge in [-0.25, -0.2) is 4.39 Å². The van der Waals surface area contributed by atoms with Gasteiger partial charge in [0.15, 0.2) is 0 Å². The molecule has 1 fully saturated rings. The summed E-state index contributed by atoms with van der Waals surface area (Å²) < 4.78 is 45.0. The number of halogens is 3. The van der Waals surface area contributed by atoms with Crippen molar-refractivity contribution in [3.63, 3.8) is 0 Å². The van der Waals surface area contributed by atoms with Gasteiger partial charge in [0.1, 0.15) is 11.9 Å². The molecule has 0 spiro atoms. The Hall–Kier alpha value is -3.94. The normalized spacial score (nSPS) is 15.6. The van der Waals surface area contributed by atoms with E-state index in [1.165, 1.54) is 16.8 Å². The molecule has 11 nitrogen and oxygen atoms in total.